The second kappa shape index (κ2) is 9.12. The van der Waals surface area contributed by atoms with Gasteiger partial charge < -0.3 is 10.2 Å². The van der Waals surface area contributed by atoms with E-state index in [9.17, 15) is 4.79 Å². The predicted molar refractivity (Wildman–Crippen MR) is 138 cm³/mol. The summed E-state index contributed by atoms with van der Waals surface area (Å²) in [6.07, 6.45) is 4.01. The van der Waals surface area contributed by atoms with Gasteiger partial charge in [0.05, 0.1) is 10.6 Å². The Hall–Kier alpha value is -1.95. The van der Waals surface area contributed by atoms with Gasteiger partial charge in [0.1, 0.15) is 0 Å². The first-order valence-corrected chi connectivity index (χ1v) is 12.4. The summed E-state index contributed by atoms with van der Waals surface area (Å²) >= 11 is 14.1. The van der Waals surface area contributed by atoms with E-state index < -0.39 is 0 Å². The number of fused-ring (bicyclic) bond motifs is 1. The first kappa shape index (κ1) is 23.2. The van der Waals surface area contributed by atoms with Gasteiger partial charge in [-0.25, -0.2) is 4.99 Å². The average molecular weight is 488 g/mol. The third-order valence-corrected chi connectivity index (χ3v) is 7.40. The van der Waals surface area contributed by atoms with Gasteiger partial charge in [-0.15, -0.1) is 0 Å². The van der Waals surface area contributed by atoms with Crippen LogP contribution in [0.25, 0.3) is 6.08 Å². The normalized spacial score (nSPS) is 22.4. The van der Waals surface area contributed by atoms with Crippen molar-refractivity contribution in [3.05, 3.63) is 62.5 Å². The number of hydrogen-bond donors (Lipinski definition) is 1. The molecule has 32 heavy (non-hydrogen) atoms. The third-order valence-electron chi connectivity index (χ3n) is 5.93. The number of rotatable bonds is 4. The number of benzene rings is 2. The van der Waals surface area contributed by atoms with Gasteiger partial charge in [0.15, 0.2) is 5.17 Å². The summed E-state index contributed by atoms with van der Waals surface area (Å²) in [6, 6.07) is 11.4. The van der Waals surface area contributed by atoms with Crippen molar-refractivity contribution < 1.29 is 4.79 Å². The van der Waals surface area contributed by atoms with Gasteiger partial charge in [-0.3, -0.25) is 4.79 Å². The molecule has 1 amide bonds. The molecule has 1 atom stereocenters. The van der Waals surface area contributed by atoms with E-state index in [1.54, 1.807) is 12.1 Å². The van der Waals surface area contributed by atoms with Crippen LogP contribution < -0.4 is 10.2 Å². The molecule has 2 heterocycles. The predicted octanol–water partition coefficient (Wildman–Crippen LogP) is 7.39. The maximum absolute atomic E-state index is 12.6. The van der Waals surface area contributed by atoms with E-state index in [1.807, 2.05) is 18.2 Å². The molecule has 2 aliphatic heterocycles. The number of nitrogens with zero attached hydrogens (tertiary/aromatic N) is 2. The number of aliphatic imine (C=N–C) groups is 1. The number of halogens is 2. The molecule has 0 aliphatic carbocycles. The van der Waals surface area contributed by atoms with Crippen molar-refractivity contribution in [3.63, 3.8) is 0 Å². The van der Waals surface area contributed by atoms with Crippen molar-refractivity contribution in [3.8, 4) is 0 Å². The highest BCUT2D eigenvalue weighted by Crippen LogP contribution is 2.45. The molecular weight excluding hydrogens is 461 g/mol. The molecule has 2 aliphatic rings. The summed E-state index contributed by atoms with van der Waals surface area (Å²) < 4.78 is 0. The highest BCUT2D eigenvalue weighted by molar-refractivity contribution is 8.18. The Balaban J connectivity index is 1.66. The maximum Gasteiger partial charge on any atom is 0.264 e. The topological polar surface area (TPSA) is 44.7 Å². The van der Waals surface area contributed by atoms with Crippen molar-refractivity contribution in [2.24, 2.45) is 4.99 Å². The summed E-state index contributed by atoms with van der Waals surface area (Å²) in [5, 5.41) is 4.61. The third kappa shape index (κ3) is 4.70. The van der Waals surface area contributed by atoms with Crippen LogP contribution in [0, 0.1) is 0 Å². The first-order chi connectivity index (χ1) is 15.2. The fraction of sp³-hybridized carbons (Fsp3) is 0.360. The zero-order chi connectivity index (χ0) is 23.0. The zero-order valence-electron chi connectivity index (χ0n) is 18.7. The molecule has 4 rings (SSSR count). The molecule has 0 radical (unpaired) electrons. The molecule has 1 saturated heterocycles. The Labute approximate surface area is 204 Å². The number of amides is 1. The Morgan fingerprint density at radius 3 is 2.78 bits per heavy atom. The van der Waals surface area contributed by atoms with E-state index >= 15 is 0 Å². The van der Waals surface area contributed by atoms with Crippen LogP contribution in [0.4, 0.5) is 11.4 Å². The molecule has 0 saturated carbocycles. The minimum Gasteiger partial charge on any atom is -0.366 e. The van der Waals surface area contributed by atoms with Gasteiger partial charge >= 0.3 is 0 Å². The Morgan fingerprint density at radius 2 is 2.06 bits per heavy atom. The van der Waals surface area contributed by atoms with Gasteiger partial charge in [-0.05, 0) is 91.9 Å². The molecule has 2 aromatic carbocycles. The highest BCUT2D eigenvalue weighted by atomic mass is 35.5. The molecule has 1 N–H and O–H groups in total. The second-order valence-electron chi connectivity index (χ2n) is 8.96. The van der Waals surface area contributed by atoms with Gasteiger partial charge in [-0.2, -0.15) is 0 Å². The van der Waals surface area contributed by atoms with Crippen LogP contribution in [-0.4, -0.2) is 23.2 Å². The van der Waals surface area contributed by atoms with Crippen LogP contribution in [0.5, 0.6) is 0 Å². The van der Waals surface area contributed by atoms with Crippen LogP contribution in [0.15, 0.2) is 46.3 Å². The molecule has 2 aromatic rings. The lowest BCUT2D eigenvalue weighted by Gasteiger charge is -2.47. The second-order valence-corrected chi connectivity index (χ2v) is 10.8. The van der Waals surface area contributed by atoms with E-state index in [0.29, 0.717) is 31.7 Å². The van der Waals surface area contributed by atoms with Crippen molar-refractivity contribution >= 4 is 63.5 Å². The standard InChI is InChI=1S/C25H27Cl2N3OS/c1-5-9-30-21-13-20(27)16(10-19(21)15(2)14-25(30,3)4)11-22-23(31)29-24(32-22)28-18-8-6-7-17(26)12-18/h6-8,10-13,15H,5,9,14H2,1-4H3,(H,28,29,31)/b22-11+. The zero-order valence-corrected chi connectivity index (χ0v) is 21.0. The summed E-state index contributed by atoms with van der Waals surface area (Å²) in [4.78, 5) is 20.1. The summed E-state index contributed by atoms with van der Waals surface area (Å²) in [5.74, 6) is 0.235. The van der Waals surface area contributed by atoms with Crippen molar-refractivity contribution in [1.82, 2.24) is 5.32 Å². The molecule has 168 valence electrons. The van der Waals surface area contributed by atoms with Crippen LogP contribution in [0.3, 0.4) is 0 Å². The number of thioether (sulfide) groups is 1. The SMILES string of the molecule is CCCN1c2cc(Cl)c(/C=C3/SC(=Nc4cccc(Cl)c4)NC3=O)cc2C(C)CC1(C)C. The van der Waals surface area contributed by atoms with Gasteiger partial charge in [0.25, 0.3) is 5.91 Å². The number of carbonyl (C=O) groups is 1. The minimum absolute atomic E-state index is 0.0820. The minimum atomic E-state index is -0.175. The highest BCUT2D eigenvalue weighted by Gasteiger charge is 2.36. The van der Waals surface area contributed by atoms with E-state index in [0.717, 1.165) is 24.9 Å². The Bertz CT molecular complexity index is 1130. The summed E-state index contributed by atoms with van der Waals surface area (Å²) in [5.41, 5.74) is 4.12. The fourth-order valence-corrected chi connectivity index (χ4v) is 5.79. The van der Waals surface area contributed by atoms with E-state index in [2.05, 4.69) is 55.0 Å². The van der Waals surface area contributed by atoms with Crippen LogP contribution in [0.1, 0.15) is 57.6 Å². The molecular formula is C25H27Cl2N3OS. The first-order valence-electron chi connectivity index (χ1n) is 10.8. The molecule has 0 spiro atoms. The fourth-order valence-electron chi connectivity index (χ4n) is 4.56. The number of nitrogens with one attached hydrogen (secondary N) is 1. The number of hydrogen-bond acceptors (Lipinski definition) is 4. The summed E-state index contributed by atoms with van der Waals surface area (Å²) in [6.45, 7) is 10.1. The Kier molecular flexibility index (Phi) is 6.62. The molecule has 4 nitrogen and oxygen atoms in total. The molecule has 0 aromatic heterocycles. The number of anilines is 1. The lowest BCUT2D eigenvalue weighted by atomic mass is 9.79. The Morgan fingerprint density at radius 1 is 1.28 bits per heavy atom. The molecule has 0 bridgehead atoms. The smallest absolute Gasteiger partial charge is 0.264 e. The maximum atomic E-state index is 12.6. The lowest BCUT2D eigenvalue weighted by molar-refractivity contribution is -0.115. The monoisotopic (exact) mass is 487 g/mol. The average Bonchev–Trinajstić information content (AvgIpc) is 3.04. The largest absolute Gasteiger partial charge is 0.366 e. The number of amidine groups is 1. The van der Waals surface area contributed by atoms with Gasteiger partial charge in [0, 0.05) is 27.8 Å². The van der Waals surface area contributed by atoms with Crippen LogP contribution >= 0.6 is 35.0 Å². The quantitative estimate of drug-likeness (QED) is 0.457. The molecule has 7 heteroatoms. The molecule has 1 fully saturated rings. The van der Waals surface area contributed by atoms with Crippen LogP contribution in [-0.2, 0) is 4.79 Å². The van der Waals surface area contributed by atoms with Gasteiger partial charge in [0.2, 0.25) is 0 Å². The summed E-state index contributed by atoms with van der Waals surface area (Å²) in [7, 11) is 0. The van der Waals surface area contributed by atoms with Crippen molar-refractivity contribution in [1.29, 1.82) is 0 Å². The van der Waals surface area contributed by atoms with Crippen molar-refractivity contribution in [2.45, 2.75) is 52.0 Å². The van der Waals surface area contributed by atoms with E-state index in [-0.39, 0.29) is 11.4 Å². The van der Waals surface area contributed by atoms with E-state index in [4.69, 9.17) is 23.2 Å². The van der Waals surface area contributed by atoms with E-state index in [1.165, 1.54) is 23.0 Å². The van der Waals surface area contributed by atoms with Crippen LogP contribution in [0.2, 0.25) is 10.0 Å². The van der Waals surface area contributed by atoms with Crippen molar-refractivity contribution in [2.75, 3.05) is 11.4 Å². The number of carbonyl (C=O) groups excluding carboxylic acids is 1. The molecule has 1 unspecified atom stereocenters. The lowest BCUT2D eigenvalue weighted by Crippen LogP contribution is -2.48. The van der Waals surface area contributed by atoms with Gasteiger partial charge in [-0.1, -0.05) is 43.1 Å².